The Morgan fingerprint density at radius 1 is 1.24 bits per heavy atom. The van der Waals surface area contributed by atoms with Crippen molar-refractivity contribution in [2.75, 3.05) is 6.54 Å². The van der Waals surface area contributed by atoms with Crippen molar-refractivity contribution in [3.8, 4) is 0 Å². The SMILES string of the molecule is CC(C)(C)CNC(=O)C1(c2ccccc2)CC1. The van der Waals surface area contributed by atoms with Crippen LogP contribution in [0.15, 0.2) is 30.3 Å². The first-order chi connectivity index (χ1) is 7.94. The van der Waals surface area contributed by atoms with Crippen LogP contribution in [-0.2, 0) is 10.2 Å². The zero-order chi connectivity index (χ0) is 12.5. The van der Waals surface area contributed by atoms with E-state index in [1.807, 2.05) is 18.2 Å². The third kappa shape index (κ3) is 2.68. The number of hydrogen-bond donors (Lipinski definition) is 1. The van der Waals surface area contributed by atoms with Crippen LogP contribution in [0.2, 0.25) is 0 Å². The highest BCUT2D eigenvalue weighted by atomic mass is 16.2. The molecule has 92 valence electrons. The van der Waals surface area contributed by atoms with Crippen molar-refractivity contribution in [1.82, 2.24) is 5.32 Å². The lowest BCUT2D eigenvalue weighted by atomic mass is 9.93. The van der Waals surface area contributed by atoms with Crippen molar-refractivity contribution in [3.63, 3.8) is 0 Å². The van der Waals surface area contributed by atoms with E-state index in [1.54, 1.807) is 0 Å². The van der Waals surface area contributed by atoms with Gasteiger partial charge in [-0.3, -0.25) is 4.79 Å². The smallest absolute Gasteiger partial charge is 0.230 e. The molecule has 0 atom stereocenters. The monoisotopic (exact) mass is 231 g/mol. The maximum absolute atomic E-state index is 12.3. The molecular formula is C15H21NO. The Morgan fingerprint density at radius 2 is 1.82 bits per heavy atom. The summed E-state index contributed by atoms with van der Waals surface area (Å²) in [5.74, 6) is 0.193. The van der Waals surface area contributed by atoms with Crippen molar-refractivity contribution in [2.45, 2.75) is 39.0 Å². The maximum Gasteiger partial charge on any atom is 0.230 e. The van der Waals surface area contributed by atoms with Gasteiger partial charge in [0.1, 0.15) is 0 Å². The van der Waals surface area contributed by atoms with Gasteiger partial charge in [-0.1, -0.05) is 51.1 Å². The van der Waals surface area contributed by atoms with Gasteiger partial charge >= 0.3 is 0 Å². The predicted molar refractivity (Wildman–Crippen MR) is 69.8 cm³/mol. The standard InChI is InChI=1S/C15H21NO/c1-14(2,3)11-16-13(17)15(9-10-15)12-7-5-4-6-8-12/h4-8H,9-11H2,1-3H3,(H,16,17). The quantitative estimate of drug-likeness (QED) is 0.851. The average molecular weight is 231 g/mol. The second-order valence-corrected chi connectivity index (χ2v) is 6.19. The number of carbonyl (C=O) groups is 1. The number of nitrogens with one attached hydrogen (secondary N) is 1. The van der Waals surface area contributed by atoms with Crippen LogP contribution in [0, 0.1) is 5.41 Å². The zero-order valence-corrected chi connectivity index (χ0v) is 10.9. The van der Waals surface area contributed by atoms with Crippen LogP contribution < -0.4 is 5.32 Å². The molecule has 2 heteroatoms. The van der Waals surface area contributed by atoms with Crippen LogP contribution in [0.25, 0.3) is 0 Å². The first-order valence-corrected chi connectivity index (χ1v) is 6.28. The number of benzene rings is 1. The fraction of sp³-hybridized carbons (Fsp3) is 0.533. The zero-order valence-electron chi connectivity index (χ0n) is 10.9. The molecule has 2 rings (SSSR count). The highest BCUT2D eigenvalue weighted by Crippen LogP contribution is 2.48. The molecule has 2 nitrogen and oxygen atoms in total. The Hall–Kier alpha value is -1.31. The summed E-state index contributed by atoms with van der Waals surface area (Å²) in [6, 6.07) is 10.1. The summed E-state index contributed by atoms with van der Waals surface area (Å²) < 4.78 is 0. The number of carbonyl (C=O) groups excluding carboxylic acids is 1. The molecule has 0 spiro atoms. The van der Waals surface area contributed by atoms with Gasteiger partial charge in [-0.25, -0.2) is 0 Å². The molecule has 1 saturated carbocycles. The molecule has 0 aliphatic heterocycles. The molecule has 17 heavy (non-hydrogen) atoms. The van der Waals surface area contributed by atoms with Crippen molar-refractivity contribution in [2.24, 2.45) is 5.41 Å². The summed E-state index contributed by atoms with van der Waals surface area (Å²) in [4.78, 5) is 12.3. The van der Waals surface area contributed by atoms with Crippen LogP contribution in [0.4, 0.5) is 0 Å². The lowest BCUT2D eigenvalue weighted by Gasteiger charge is -2.22. The van der Waals surface area contributed by atoms with Crippen molar-refractivity contribution < 1.29 is 4.79 Å². The van der Waals surface area contributed by atoms with Crippen molar-refractivity contribution >= 4 is 5.91 Å². The molecule has 1 aliphatic carbocycles. The molecule has 0 radical (unpaired) electrons. The third-order valence-corrected chi connectivity index (χ3v) is 3.29. The van der Waals surface area contributed by atoms with E-state index in [9.17, 15) is 4.79 Å². The van der Waals surface area contributed by atoms with E-state index in [0.717, 1.165) is 24.9 Å². The van der Waals surface area contributed by atoms with E-state index >= 15 is 0 Å². The van der Waals surface area contributed by atoms with Crippen LogP contribution in [0.5, 0.6) is 0 Å². The predicted octanol–water partition coefficient (Wildman–Crippen LogP) is 2.88. The first-order valence-electron chi connectivity index (χ1n) is 6.28. The van der Waals surface area contributed by atoms with Gasteiger partial charge in [-0.15, -0.1) is 0 Å². The van der Waals surface area contributed by atoms with Gasteiger partial charge in [-0.2, -0.15) is 0 Å². The molecule has 1 amide bonds. The molecule has 0 saturated heterocycles. The topological polar surface area (TPSA) is 29.1 Å². The van der Waals surface area contributed by atoms with Gasteiger partial charge in [0.2, 0.25) is 5.91 Å². The summed E-state index contributed by atoms with van der Waals surface area (Å²) in [7, 11) is 0. The summed E-state index contributed by atoms with van der Waals surface area (Å²) in [6.45, 7) is 7.14. The minimum atomic E-state index is -0.230. The summed E-state index contributed by atoms with van der Waals surface area (Å²) >= 11 is 0. The highest BCUT2D eigenvalue weighted by molar-refractivity contribution is 5.91. The van der Waals surface area contributed by atoms with Crippen LogP contribution >= 0.6 is 0 Å². The van der Waals surface area contributed by atoms with Gasteiger partial charge in [-0.05, 0) is 23.8 Å². The molecule has 0 unspecified atom stereocenters. The van der Waals surface area contributed by atoms with Crippen LogP contribution in [0.3, 0.4) is 0 Å². The lowest BCUT2D eigenvalue weighted by molar-refractivity contribution is -0.124. The van der Waals surface area contributed by atoms with E-state index in [1.165, 1.54) is 0 Å². The van der Waals surface area contributed by atoms with E-state index in [0.29, 0.717) is 0 Å². The first kappa shape index (κ1) is 12.2. The van der Waals surface area contributed by atoms with Crippen molar-refractivity contribution in [1.29, 1.82) is 0 Å². The Kier molecular flexibility index (Phi) is 2.98. The van der Waals surface area contributed by atoms with E-state index < -0.39 is 0 Å². The second-order valence-electron chi connectivity index (χ2n) is 6.19. The van der Waals surface area contributed by atoms with E-state index in [-0.39, 0.29) is 16.7 Å². The molecule has 0 bridgehead atoms. The summed E-state index contributed by atoms with van der Waals surface area (Å²) in [5, 5.41) is 3.08. The van der Waals surface area contributed by atoms with Gasteiger partial charge in [0.25, 0.3) is 0 Å². The van der Waals surface area contributed by atoms with Crippen LogP contribution in [0.1, 0.15) is 39.2 Å². The molecular weight excluding hydrogens is 210 g/mol. The summed E-state index contributed by atoms with van der Waals surface area (Å²) in [5.41, 5.74) is 1.07. The van der Waals surface area contributed by atoms with Gasteiger partial charge in [0, 0.05) is 6.54 Å². The minimum Gasteiger partial charge on any atom is -0.355 e. The largest absolute Gasteiger partial charge is 0.355 e. The maximum atomic E-state index is 12.3. The molecule has 1 N–H and O–H groups in total. The third-order valence-electron chi connectivity index (χ3n) is 3.29. The highest BCUT2D eigenvalue weighted by Gasteiger charge is 2.51. The van der Waals surface area contributed by atoms with Crippen molar-refractivity contribution in [3.05, 3.63) is 35.9 Å². The number of rotatable bonds is 3. The van der Waals surface area contributed by atoms with E-state index in [4.69, 9.17) is 0 Å². The fourth-order valence-electron chi connectivity index (χ4n) is 2.04. The van der Waals surface area contributed by atoms with Gasteiger partial charge in [0.05, 0.1) is 5.41 Å². The second kappa shape index (κ2) is 4.17. The molecule has 0 heterocycles. The Balaban J connectivity index is 2.05. The van der Waals surface area contributed by atoms with Gasteiger partial charge in [0.15, 0.2) is 0 Å². The van der Waals surface area contributed by atoms with E-state index in [2.05, 4.69) is 38.2 Å². The summed E-state index contributed by atoms with van der Waals surface area (Å²) in [6.07, 6.45) is 1.96. The van der Waals surface area contributed by atoms with Crippen LogP contribution in [-0.4, -0.2) is 12.5 Å². The number of amides is 1. The lowest BCUT2D eigenvalue weighted by Crippen LogP contribution is -2.39. The molecule has 1 aromatic rings. The molecule has 0 aromatic heterocycles. The minimum absolute atomic E-state index is 0.141. The normalized spacial score (nSPS) is 17.6. The fourth-order valence-corrected chi connectivity index (χ4v) is 2.04. The molecule has 1 aromatic carbocycles. The Bertz CT molecular complexity index is 399. The molecule has 1 fully saturated rings. The number of hydrogen-bond acceptors (Lipinski definition) is 1. The Morgan fingerprint density at radius 3 is 2.29 bits per heavy atom. The average Bonchev–Trinajstić information content (AvgIpc) is 3.07. The Labute approximate surface area is 103 Å². The van der Waals surface area contributed by atoms with Gasteiger partial charge < -0.3 is 5.32 Å². The molecule has 1 aliphatic rings.